The van der Waals surface area contributed by atoms with Gasteiger partial charge in [-0.2, -0.15) is 0 Å². The van der Waals surface area contributed by atoms with Gasteiger partial charge in [0.25, 0.3) is 5.91 Å². The second-order valence-electron chi connectivity index (χ2n) is 3.09. The number of benzene rings is 1. The number of para-hydroxylation sites is 1. The molecule has 0 radical (unpaired) electrons. The van der Waals surface area contributed by atoms with Crippen LogP contribution in [0.3, 0.4) is 0 Å². The van der Waals surface area contributed by atoms with Crippen molar-refractivity contribution in [1.29, 1.82) is 0 Å². The van der Waals surface area contributed by atoms with Crippen LogP contribution in [0.2, 0.25) is 0 Å². The number of amides is 1. The van der Waals surface area contributed by atoms with Crippen molar-refractivity contribution in [2.45, 2.75) is 6.17 Å². The van der Waals surface area contributed by atoms with Gasteiger partial charge >= 0.3 is 0 Å². The second-order valence-corrected chi connectivity index (χ2v) is 3.09. The van der Waals surface area contributed by atoms with E-state index in [4.69, 9.17) is 5.11 Å². The van der Waals surface area contributed by atoms with E-state index >= 15 is 0 Å². The quantitative estimate of drug-likeness (QED) is 0.584. The van der Waals surface area contributed by atoms with E-state index < -0.39 is 6.17 Å². The van der Waals surface area contributed by atoms with E-state index in [-0.39, 0.29) is 11.7 Å². The van der Waals surface area contributed by atoms with Gasteiger partial charge in [-0.05, 0) is 12.1 Å². The molecule has 14 heavy (non-hydrogen) atoms. The number of aliphatic hydroxyl groups excluding tert-OH is 1. The lowest BCUT2D eigenvalue weighted by atomic mass is 10.1. The first-order chi connectivity index (χ1) is 6.68. The highest BCUT2D eigenvalue weighted by Gasteiger charge is 2.24. The van der Waals surface area contributed by atoms with Crippen molar-refractivity contribution in [1.82, 2.24) is 5.32 Å². The molecule has 0 saturated carbocycles. The van der Waals surface area contributed by atoms with Crippen molar-refractivity contribution in [3.05, 3.63) is 42.2 Å². The summed E-state index contributed by atoms with van der Waals surface area (Å²) in [6.45, 7) is 3.36. The largest absolute Gasteiger partial charge is 0.509 e. The Hall–Kier alpha value is -1.97. The Morgan fingerprint density at radius 2 is 2.07 bits per heavy atom. The summed E-state index contributed by atoms with van der Waals surface area (Å²) in [6.07, 6.45) is -0.600. The minimum Gasteiger partial charge on any atom is -0.509 e. The summed E-state index contributed by atoms with van der Waals surface area (Å²) in [4.78, 5) is 11.5. The second kappa shape index (κ2) is 3.06. The molecular weight excluding hydrogens is 180 g/mol. The summed E-state index contributed by atoms with van der Waals surface area (Å²) < 4.78 is 0. The van der Waals surface area contributed by atoms with Crippen LogP contribution in [0.25, 0.3) is 0 Å². The van der Waals surface area contributed by atoms with Crippen LogP contribution in [0.15, 0.2) is 36.6 Å². The number of anilines is 1. The van der Waals surface area contributed by atoms with E-state index in [1.54, 1.807) is 18.2 Å². The maximum atomic E-state index is 11.5. The van der Waals surface area contributed by atoms with Crippen LogP contribution in [-0.2, 0) is 0 Å². The van der Waals surface area contributed by atoms with Crippen LogP contribution in [0, 0.1) is 0 Å². The van der Waals surface area contributed by atoms with E-state index in [9.17, 15) is 4.79 Å². The zero-order valence-corrected chi connectivity index (χ0v) is 7.45. The summed E-state index contributed by atoms with van der Waals surface area (Å²) in [6, 6.07) is 7.11. The fourth-order valence-electron chi connectivity index (χ4n) is 1.37. The third kappa shape index (κ3) is 1.31. The van der Waals surface area contributed by atoms with E-state index in [1.165, 1.54) is 0 Å². The molecular formula is C10H10N2O2. The topological polar surface area (TPSA) is 61.4 Å². The van der Waals surface area contributed by atoms with Crippen molar-refractivity contribution in [2.75, 3.05) is 5.32 Å². The number of aliphatic hydroxyl groups is 1. The highest BCUT2D eigenvalue weighted by Crippen LogP contribution is 2.20. The zero-order chi connectivity index (χ0) is 10.1. The smallest absolute Gasteiger partial charge is 0.255 e. The molecule has 0 spiro atoms. The Labute approximate surface area is 81.3 Å². The first-order valence-electron chi connectivity index (χ1n) is 4.22. The number of carbonyl (C=O) groups excluding carboxylic acids is 1. The molecule has 72 valence electrons. The van der Waals surface area contributed by atoms with E-state index in [0.717, 1.165) is 0 Å². The van der Waals surface area contributed by atoms with Crippen molar-refractivity contribution in [2.24, 2.45) is 0 Å². The molecule has 1 aromatic rings. The molecule has 1 heterocycles. The molecule has 1 amide bonds. The SMILES string of the molecule is C=C(O)C1NC(=O)c2ccccc2N1. The summed E-state index contributed by atoms with van der Waals surface area (Å²) in [5.74, 6) is -0.313. The minimum atomic E-state index is -0.600. The maximum absolute atomic E-state index is 11.5. The van der Waals surface area contributed by atoms with Gasteiger partial charge in [-0.1, -0.05) is 18.7 Å². The lowest BCUT2D eigenvalue weighted by Crippen LogP contribution is -2.45. The average Bonchev–Trinajstić information content (AvgIpc) is 2.17. The van der Waals surface area contributed by atoms with E-state index in [0.29, 0.717) is 11.3 Å². The number of hydrogen-bond acceptors (Lipinski definition) is 3. The Morgan fingerprint density at radius 3 is 2.79 bits per heavy atom. The molecule has 1 aliphatic heterocycles. The van der Waals surface area contributed by atoms with Gasteiger partial charge in [0.1, 0.15) is 5.76 Å². The van der Waals surface area contributed by atoms with Gasteiger partial charge in [0.2, 0.25) is 0 Å². The Balaban J connectivity index is 2.38. The number of nitrogens with one attached hydrogen (secondary N) is 2. The Morgan fingerprint density at radius 1 is 1.36 bits per heavy atom. The number of fused-ring (bicyclic) bond motifs is 1. The molecule has 0 saturated heterocycles. The highest BCUT2D eigenvalue weighted by molar-refractivity contribution is 6.01. The van der Waals surface area contributed by atoms with Crippen LogP contribution in [0.5, 0.6) is 0 Å². The molecule has 0 aliphatic carbocycles. The monoisotopic (exact) mass is 190 g/mol. The maximum Gasteiger partial charge on any atom is 0.255 e. The molecule has 0 fully saturated rings. The molecule has 1 aliphatic rings. The zero-order valence-electron chi connectivity index (χ0n) is 7.45. The predicted octanol–water partition coefficient (Wildman–Crippen LogP) is 1.24. The summed E-state index contributed by atoms with van der Waals surface area (Å²) >= 11 is 0. The highest BCUT2D eigenvalue weighted by atomic mass is 16.3. The lowest BCUT2D eigenvalue weighted by molar-refractivity contribution is 0.0933. The van der Waals surface area contributed by atoms with E-state index in [2.05, 4.69) is 17.2 Å². The van der Waals surface area contributed by atoms with Crippen LogP contribution < -0.4 is 10.6 Å². The minimum absolute atomic E-state index is 0.104. The van der Waals surface area contributed by atoms with Gasteiger partial charge < -0.3 is 15.7 Å². The van der Waals surface area contributed by atoms with Gasteiger partial charge in [-0.15, -0.1) is 0 Å². The molecule has 3 N–H and O–H groups in total. The molecule has 2 rings (SSSR count). The first-order valence-corrected chi connectivity index (χ1v) is 4.22. The van der Waals surface area contributed by atoms with Gasteiger partial charge in [-0.25, -0.2) is 0 Å². The van der Waals surface area contributed by atoms with Crippen molar-refractivity contribution in [3.63, 3.8) is 0 Å². The van der Waals surface area contributed by atoms with Crippen molar-refractivity contribution < 1.29 is 9.90 Å². The van der Waals surface area contributed by atoms with Crippen LogP contribution >= 0.6 is 0 Å². The van der Waals surface area contributed by atoms with Crippen molar-refractivity contribution >= 4 is 11.6 Å². The van der Waals surface area contributed by atoms with Crippen molar-refractivity contribution in [3.8, 4) is 0 Å². The molecule has 1 unspecified atom stereocenters. The van der Waals surface area contributed by atoms with Gasteiger partial charge in [0.05, 0.1) is 5.56 Å². The molecule has 4 nitrogen and oxygen atoms in total. The molecule has 0 bridgehead atoms. The van der Waals surface area contributed by atoms with Crippen LogP contribution in [-0.4, -0.2) is 17.2 Å². The number of carbonyl (C=O) groups is 1. The first kappa shape index (κ1) is 8.62. The third-order valence-electron chi connectivity index (χ3n) is 2.08. The fraction of sp³-hybridized carbons (Fsp3) is 0.100. The summed E-state index contributed by atoms with van der Waals surface area (Å²) in [5, 5.41) is 14.7. The summed E-state index contributed by atoms with van der Waals surface area (Å²) in [7, 11) is 0. The van der Waals surface area contributed by atoms with E-state index in [1.807, 2.05) is 6.07 Å². The third-order valence-corrected chi connectivity index (χ3v) is 2.08. The Bertz CT molecular complexity index is 401. The number of rotatable bonds is 1. The molecule has 1 atom stereocenters. The molecule has 1 aromatic carbocycles. The fourth-order valence-corrected chi connectivity index (χ4v) is 1.37. The summed E-state index contributed by atoms with van der Waals surface area (Å²) in [5.41, 5.74) is 1.28. The molecule has 4 heteroatoms. The van der Waals surface area contributed by atoms with Gasteiger partial charge in [0, 0.05) is 5.69 Å². The number of hydrogen-bond donors (Lipinski definition) is 3. The standard InChI is InChI=1S/C10H10N2O2/c1-6(13)9-11-8-5-3-2-4-7(8)10(14)12-9/h2-5,9,11,13H,1H2,(H,12,14). The predicted molar refractivity (Wildman–Crippen MR) is 53.1 cm³/mol. The molecule has 0 aromatic heterocycles. The van der Waals surface area contributed by atoms with Gasteiger partial charge in [0.15, 0.2) is 6.17 Å². The average molecular weight is 190 g/mol. The Kier molecular flexibility index (Phi) is 1.89. The van der Waals surface area contributed by atoms with Crippen LogP contribution in [0.4, 0.5) is 5.69 Å². The van der Waals surface area contributed by atoms with Gasteiger partial charge in [-0.3, -0.25) is 4.79 Å². The lowest BCUT2D eigenvalue weighted by Gasteiger charge is -2.26. The van der Waals surface area contributed by atoms with Crippen LogP contribution in [0.1, 0.15) is 10.4 Å². The normalized spacial score (nSPS) is 19.1.